The lowest BCUT2D eigenvalue weighted by atomic mass is 9.47. The fraction of sp³-hybridized carbons (Fsp3) is 0.727. The van der Waals surface area contributed by atoms with Crippen molar-refractivity contribution in [2.24, 2.45) is 11.8 Å². The number of likely N-dealkylation sites (tertiary alicyclic amines) is 1. The summed E-state index contributed by atoms with van der Waals surface area (Å²) in [6, 6.07) is 6.77. The first kappa shape index (κ1) is 17.2. The van der Waals surface area contributed by atoms with E-state index >= 15 is 0 Å². The van der Waals surface area contributed by atoms with Crippen LogP contribution in [-0.4, -0.2) is 57.7 Å². The third kappa shape index (κ3) is 2.29. The highest BCUT2D eigenvalue weighted by Gasteiger charge is 2.66. The van der Waals surface area contributed by atoms with Crippen LogP contribution in [0.25, 0.3) is 0 Å². The quantitative estimate of drug-likeness (QED) is 0.771. The smallest absolute Gasteiger partial charge is 0.0907 e. The summed E-state index contributed by atoms with van der Waals surface area (Å²) in [5.74, 6) is 0.580. The van der Waals surface area contributed by atoms with Crippen molar-refractivity contribution in [2.45, 2.75) is 68.6 Å². The molecule has 0 unspecified atom stereocenters. The van der Waals surface area contributed by atoms with Crippen molar-refractivity contribution in [1.82, 2.24) is 4.90 Å². The second-order valence-electron chi connectivity index (χ2n) is 9.49. The Balaban J connectivity index is 1.64. The van der Waals surface area contributed by atoms with Crippen molar-refractivity contribution in [3.8, 4) is 0 Å². The lowest BCUT2D eigenvalue weighted by molar-refractivity contribution is -0.201. The molecule has 0 amide bonds. The zero-order valence-corrected chi connectivity index (χ0v) is 15.7. The Bertz CT molecular complexity index is 717. The Morgan fingerprint density at radius 3 is 2.77 bits per heavy atom. The van der Waals surface area contributed by atoms with Gasteiger partial charge in [0, 0.05) is 30.5 Å². The number of nitrogens with zero attached hydrogens (tertiary/aromatic N) is 1. The molecule has 1 aliphatic heterocycles. The van der Waals surface area contributed by atoms with Gasteiger partial charge < -0.3 is 15.3 Å². The van der Waals surface area contributed by atoms with Gasteiger partial charge in [0.25, 0.3) is 0 Å². The topological polar surface area (TPSA) is 63.9 Å². The molecule has 0 spiro atoms. The van der Waals surface area contributed by atoms with Gasteiger partial charge in [-0.05, 0) is 69.0 Å². The number of fused-ring (bicyclic) bond motifs is 1. The van der Waals surface area contributed by atoms with Gasteiger partial charge in [0.1, 0.15) is 0 Å². The molecule has 1 aromatic carbocycles. The van der Waals surface area contributed by atoms with Crippen LogP contribution in [0, 0.1) is 18.8 Å². The molecule has 1 saturated heterocycles. The van der Waals surface area contributed by atoms with E-state index in [2.05, 4.69) is 30.0 Å². The van der Waals surface area contributed by atoms with Gasteiger partial charge in [0.2, 0.25) is 0 Å². The highest BCUT2D eigenvalue weighted by molar-refractivity contribution is 5.47. The number of benzene rings is 1. The van der Waals surface area contributed by atoms with Gasteiger partial charge in [-0.1, -0.05) is 23.8 Å². The Hall–Kier alpha value is -0.940. The zero-order chi connectivity index (χ0) is 18.1. The summed E-state index contributed by atoms with van der Waals surface area (Å²) in [5.41, 5.74) is 2.60. The van der Waals surface area contributed by atoms with Gasteiger partial charge in [-0.3, -0.25) is 4.90 Å². The van der Waals surface area contributed by atoms with E-state index in [1.165, 1.54) is 29.5 Å². The van der Waals surface area contributed by atoms with E-state index in [1.54, 1.807) is 0 Å². The standard InChI is InChI=1S/C22H31NO3/c1-14-2-5-16-9-20-22(26)10-17(13-24)19(25)11-21(22,18(16)8-14)6-7-23(20)12-15-3-4-15/h2,5,8,15,17,19-20,24-26H,3-4,6-7,9-13H2,1H3/t17-,19-,20-,21-,22-/m1/s1. The van der Waals surface area contributed by atoms with Crippen molar-refractivity contribution >= 4 is 0 Å². The second kappa shape index (κ2) is 5.78. The highest BCUT2D eigenvalue weighted by atomic mass is 16.3. The minimum absolute atomic E-state index is 0.0461. The van der Waals surface area contributed by atoms with Crippen LogP contribution in [0.1, 0.15) is 48.8 Å². The van der Waals surface area contributed by atoms with Crippen LogP contribution in [0.3, 0.4) is 0 Å². The molecule has 0 aromatic heterocycles. The minimum Gasteiger partial charge on any atom is -0.396 e. The molecule has 3 N–H and O–H groups in total. The number of aliphatic hydroxyl groups excluding tert-OH is 2. The fourth-order valence-corrected chi connectivity index (χ4v) is 6.33. The predicted molar refractivity (Wildman–Crippen MR) is 100 cm³/mol. The average molecular weight is 357 g/mol. The van der Waals surface area contributed by atoms with E-state index in [0.29, 0.717) is 12.8 Å². The molecule has 2 bridgehead atoms. The average Bonchev–Trinajstić information content (AvgIpc) is 3.42. The molecule has 4 heteroatoms. The number of piperidine rings is 1. The predicted octanol–water partition coefficient (Wildman–Crippen LogP) is 1.77. The summed E-state index contributed by atoms with van der Waals surface area (Å²) in [6.45, 7) is 4.17. The largest absolute Gasteiger partial charge is 0.396 e. The van der Waals surface area contributed by atoms with Crippen LogP contribution in [0.4, 0.5) is 0 Å². The van der Waals surface area contributed by atoms with Crippen molar-refractivity contribution < 1.29 is 15.3 Å². The summed E-state index contributed by atoms with van der Waals surface area (Å²) in [5, 5.41) is 32.7. The molecular weight excluding hydrogens is 326 g/mol. The maximum atomic E-state index is 12.2. The second-order valence-corrected chi connectivity index (χ2v) is 9.49. The molecule has 1 heterocycles. The summed E-state index contributed by atoms with van der Waals surface area (Å²) in [7, 11) is 0. The van der Waals surface area contributed by atoms with E-state index in [-0.39, 0.29) is 24.0 Å². The van der Waals surface area contributed by atoms with Crippen molar-refractivity contribution in [3.63, 3.8) is 0 Å². The SMILES string of the molecule is Cc1ccc2c(c1)[C@]13CCN(CC4CC4)[C@H](C2)[C@]1(O)C[C@H](CO)[C@H](O)C3. The first-order valence-electron chi connectivity index (χ1n) is 10.3. The molecule has 4 nitrogen and oxygen atoms in total. The van der Waals surface area contributed by atoms with Crippen LogP contribution in [-0.2, 0) is 11.8 Å². The van der Waals surface area contributed by atoms with Crippen molar-refractivity contribution in [1.29, 1.82) is 0 Å². The van der Waals surface area contributed by atoms with Gasteiger partial charge >= 0.3 is 0 Å². The summed E-state index contributed by atoms with van der Waals surface area (Å²) in [4.78, 5) is 2.53. The van der Waals surface area contributed by atoms with E-state index in [1.807, 2.05) is 0 Å². The van der Waals surface area contributed by atoms with Crippen LogP contribution in [0.5, 0.6) is 0 Å². The van der Waals surface area contributed by atoms with Crippen LogP contribution in [0.15, 0.2) is 18.2 Å². The molecular formula is C22H31NO3. The summed E-state index contributed by atoms with van der Waals surface area (Å²) >= 11 is 0. The highest BCUT2D eigenvalue weighted by Crippen LogP contribution is 2.59. The fourth-order valence-electron chi connectivity index (χ4n) is 6.33. The number of aryl methyl sites for hydroxylation is 1. The minimum atomic E-state index is -0.854. The summed E-state index contributed by atoms with van der Waals surface area (Å²) in [6.07, 6.45) is 4.96. The normalized spacial score (nSPS) is 42.2. The molecule has 2 saturated carbocycles. The summed E-state index contributed by atoms with van der Waals surface area (Å²) < 4.78 is 0. The Labute approximate surface area is 155 Å². The van der Waals surface area contributed by atoms with Crippen LogP contribution < -0.4 is 0 Å². The maximum absolute atomic E-state index is 12.2. The molecule has 4 aliphatic rings. The van der Waals surface area contributed by atoms with Crippen LogP contribution in [0.2, 0.25) is 0 Å². The van der Waals surface area contributed by atoms with Gasteiger partial charge in [-0.25, -0.2) is 0 Å². The molecule has 3 aliphatic carbocycles. The molecule has 26 heavy (non-hydrogen) atoms. The monoisotopic (exact) mass is 357 g/mol. The van der Waals surface area contributed by atoms with Gasteiger partial charge in [-0.2, -0.15) is 0 Å². The van der Waals surface area contributed by atoms with E-state index < -0.39 is 11.7 Å². The van der Waals surface area contributed by atoms with Crippen molar-refractivity contribution in [3.05, 3.63) is 34.9 Å². The molecule has 5 atom stereocenters. The number of hydrogen-bond acceptors (Lipinski definition) is 4. The van der Waals surface area contributed by atoms with E-state index in [9.17, 15) is 15.3 Å². The number of rotatable bonds is 3. The molecule has 1 aromatic rings. The Morgan fingerprint density at radius 2 is 2.04 bits per heavy atom. The van der Waals surface area contributed by atoms with Gasteiger partial charge in [0.15, 0.2) is 0 Å². The third-order valence-corrected chi connectivity index (χ3v) is 7.94. The van der Waals surface area contributed by atoms with Gasteiger partial charge in [-0.15, -0.1) is 0 Å². The van der Waals surface area contributed by atoms with Crippen LogP contribution >= 0.6 is 0 Å². The zero-order valence-electron chi connectivity index (χ0n) is 15.7. The number of aliphatic hydroxyl groups is 3. The molecule has 142 valence electrons. The molecule has 5 rings (SSSR count). The van der Waals surface area contributed by atoms with Gasteiger partial charge in [0.05, 0.1) is 11.7 Å². The first-order chi connectivity index (χ1) is 12.5. The maximum Gasteiger partial charge on any atom is 0.0907 e. The molecule has 0 radical (unpaired) electrons. The lowest BCUT2D eigenvalue weighted by Gasteiger charge is -2.65. The van der Waals surface area contributed by atoms with Crippen molar-refractivity contribution in [2.75, 3.05) is 19.7 Å². The Morgan fingerprint density at radius 1 is 1.23 bits per heavy atom. The Kier molecular flexibility index (Phi) is 3.82. The molecule has 3 fully saturated rings. The van der Waals surface area contributed by atoms with E-state index in [0.717, 1.165) is 31.8 Å². The third-order valence-electron chi connectivity index (χ3n) is 7.94. The lowest BCUT2D eigenvalue weighted by Crippen LogP contribution is -2.75. The van der Waals surface area contributed by atoms with E-state index in [4.69, 9.17) is 0 Å². The number of hydrogen-bond donors (Lipinski definition) is 3. The first-order valence-corrected chi connectivity index (χ1v) is 10.3.